The van der Waals surface area contributed by atoms with Crippen LogP contribution in [0.3, 0.4) is 0 Å². The molecule has 0 saturated heterocycles. The van der Waals surface area contributed by atoms with Crippen molar-refractivity contribution in [2.45, 2.75) is 26.8 Å². The maximum atomic E-state index is 11.8. The van der Waals surface area contributed by atoms with Gasteiger partial charge in [-0.25, -0.2) is 4.79 Å². The number of nitrogens with zero attached hydrogens (tertiary/aromatic N) is 1. The highest BCUT2D eigenvalue weighted by molar-refractivity contribution is 5.95. The molecule has 0 atom stereocenters. The molecule has 1 aliphatic rings. The topological polar surface area (TPSA) is 79.9 Å². The van der Waals surface area contributed by atoms with E-state index >= 15 is 0 Å². The lowest BCUT2D eigenvalue weighted by molar-refractivity contribution is -0.121. The number of rotatable bonds is 6. The van der Waals surface area contributed by atoms with E-state index in [0.717, 1.165) is 30.0 Å². The van der Waals surface area contributed by atoms with Gasteiger partial charge in [0.05, 0.1) is 19.8 Å². The number of imide groups is 1. The van der Waals surface area contributed by atoms with Gasteiger partial charge in [0.2, 0.25) is 5.91 Å². The van der Waals surface area contributed by atoms with Crippen molar-refractivity contribution < 1.29 is 19.1 Å². The first-order valence-electron chi connectivity index (χ1n) is 8.22. The van der Waals surface area contributed by atoms with Crippen molar-refractivity contribution in [1.82, 2.24) is 15.5 Å². The van der Waals surface area contributed by atoms with Gasteiger partial charge in [-0.3, -0.25) is 15.0 Å². The van der Waals surface area contributed by atoms with Crippen molar-refractivity contribution in [1.29, 1.82) is 0 Å². The fourth-order valence-corrected chi connectivity index (χ4v) is 2.73. The van der Waals surface area contributed by atoms with Gasteiger partial charge in [-0.05, 0) is 43.5 Å². The number of hydrogen-bond acceptors (Lipinski definition) is 5. The minimum atomic E-state index is -0.489. The Morgan fingerprint density at radius 1 is 1.12 bits per heavy atom. The van der Waals surface area contributed by atoms with Crippen LogP contribution >= 0.6 is 0 Å². The van der Waals surface area contributed by atoms with Crippen molar-refractivity contribution in [3.63, 3.8) is 0 Å². The van der Waals surface area contributed by atoms with E-state index in [4.69, 9.17) is 9.47 Å². The number of urea groups is 1. The third kappa shape index (κ3) is 4.61. The van der Waals surface area contributed by atoms with Crippen molar-refractivity contribution in [2.24, 2.45) is 0 Å². The SMILES string of the molecule is CCOc1cc2c(cc1OCC)CN(CC(=O)NC(=O)NC)CC2. The van der Waals surface area contributed by atoms with E-state index in [0.29, 0.717) is 19.8 Å². The van der Waals surface area contributed by atoms with E-state index in [1.807, 2.05) is 30.9 Å². The predicted octanol–water partition coefficient (Wildman–Crippen LogP) is 1.30. The molecule has 3 amide bonds. The number of nitrogens with one attached hydrogen (secondary N) is 2. The van der Waals surface area contributed by atoms with Crippen LogP contribution in [0.25, 0.3) is 0 Å². The Morgan fingerprint density at radius 3 is 2.33 bits per heavy atom. The number of amides is 3. The summed E-state index contributed by atoms with van der Waals surface area (Å²) in [5, 5.41) is 4.65. The molecule has 0 saturated carbocycles. The number of carbonyl (C=O) groups excluding carboxylic acids is 2. The van der Waals surface area contributed by atoms with Crippen LogP contribution in [0.4, 0.5) is 4.79 Å². The molecule has 2 rings (SSSR count). The van der Waals surface area contributed by atoms with Crippen LogP contribution in [-0.4, -0.2) is 50.2 Å². The van der Waals surface area contributed by atoms with Crippen molar-refractivity contribution >= 4 is 11.9 Å². The second kappa shape index (κ2) is 8.54. The number of ether oxygens (including phenoxy) is 2. The summed E-state index contributed by atoms with van der Waals surface area (Å²) in [7, 11) is 1.48. The van der Waals surface area contributed by atoms with E-state index in [-0.39, 0.29) is 12.5 Å². The second-order valence-corrected chi connectivity index (χ2v) is 5.52. The van der Waals surface area contributed by atoms with Crippen LogP contribution in [0.15, 0.2) is 12.1 Å². The van der Waals surface area contributed by atoms with Crippen molar-refractivity contribution in [2.75, 3.05) is 33.4 Å². The van der Waals surface area contributed by atoms with Gasteiger partial charge in [-0.1, -0.05) is 0 Å². The molecule has 7 nitrogen and oxygen atoms in total. The Labute approximate surface area is 142 Å². The number of fused-ring (bicyclic) bond motifs is 1. The molecule has 1 aromatic rings. The van der Waals surface area contributed by atoms with Gasteiger partial charge in [0, 0.05) is 20.1 Å². The summed E-state index contributed by atoms with van der Waals surface area (Å²) in [6.07, 6.45) is 0.828. The van der Waals surface area contributed by atoms with E-state index in [1.165, 1.54) is 12.6 Å². The molecular formula is C17H25N3O4. The highest BCUT2D eigenvalue weighted by Gasteiger charge is 2.21. The Hall–Kier alpha value is -2.28. The molecular weight excluding hydrogens is 310 g/mol. The Balaban J connectivity index is 2.07. The Morgan fingerprint density at radius 2 is 1.75 bits per heavy atom. The van der Waals surface area contributed by atoms with Gasteiger partial charge in [0.25, 0.3) is 0 Å². The van der Waals surface area contributed by atoms with Gasteiger partial charge < -0.3 is 14.8 Å². The van der Waals surface area contributed by atoms with Crippen molar-refractivity contribution in [3.8, 4) is 11.5 Å². The number of benzene rings is 1. The zero-order valence-electron chi connectivity index (χ0n) is 14.5. The molecule has 24 heavy (non-hydrogen) atoms. The lowest BCUT2D eigenvalue weighted by Gasteiger charge is -2.29. The highest BCUT2D eigenvalue weighted by atomic mass is 16.5. The molecule has 0 unspecified atom stereocenters. The second-order valence-electron chi connectivity index (χ2n) is 5.52. The number of hydrogen-bond donors (Lipinski definition) is 2. The van der Waals surface area contributed by atoms with Gasteiger partial charge in [0.1, 0.15) is 0 Å². The van der Waals surface area contributed by atoms with Crippen LogP contribution < -0.4 is 20.1 Å². The molecule has 0 spiro atoms. The fraction of sp³-hybridized carbons (Fsp3) is 0.529. The summed E-state index contributed by atoms with van der Waals surface area (Å²) >= 11 is 0. The van der Waals surface area contributed by atoms with Crippen LogP contribution in [0.5, 0.6) is 11.5 Å². The summed E-state index contributed by atoms with van der Waals surface area (Å²) in [6, 6.07) is 3.54. The van der Waals surface area contributed by atoms with Gasteiger partial charge >= 0.3 is 6.03 Å². The first-order valence-corrected chi connectivity index (χ1v) is 8.22. The smallest absolute Gasteiger partial charge is 0.321 e. The molecule has 0 aromatic heterocycles. The first kappa shape index (κ1) is 18.1. The average Bonchev–Trinajstić information content (AvgIpc) is 2.55. The zero-order valence-corrected chi connectivity index (χ0v) is 14.5. The average molecular weight is 335 g/mol. The molecule has 132 valence electrons. The highest BCUT2D eigenvalue weighted by Crippen LogP contribution is 2.33. The summed E-state index contributed by atoms with van der Waals surface area (Å²) < 4.78 is 11.3. The van der Waals surface area contributed by atoms with Gasteiger partial charge in [-0.2, -0.15) is 0 Å². The Kier molecular flexibility index (Phi) is 6.43. The van der Waals surface area contributed by atoms with E-state index in [2.05, 4.69) is 10.6 Å². The van der Waals surface area contributed by atoms with E-state index in [9.17, 15) is 9.59 Å². The maximum absolute atomic E-state index is 11.8. The summed E-state index contributed by atoms with van der Waals surface area (Å²) in [5.41, 5.74) is 2.34. The summed E-state index contributed by atoms with van der Waals surface area (Å²) in [5.74, 6) is 1.19. The monoisotopic (exact) mass is 335 g/mol. The zero-order chi connectivity index (χ0) is 17.5. The summed E-state index contributed by atoms with van der Waals surface area (Å²) in [4.78, 5) is 25.0. The molecule has 0 fully saturated rings. The van der Waals surface area contributed by atoms with Crippen LogP contribution in [0.2, 0.25) is 0 Å². The number of carbonyl (C=O) groups is 2. The minimum Gasteiger partial charge on any atom is -0.490 e. The van der Waals surface area contributed by atoms with E-state index < -0.39 is 6.03 Å². The Bertz CT molecular complexity index is 604. The normalized spacial score (nSPS) is 13.8. The minimum absolute atomic E-state index is 0.185. The quantitative estimate of drug-likeness (QED) is 0.819. The molecule has 1 aliphatic heterocycles. The fourth-order valence-electron chi connectivity index (χ4n) is 2.73. The third-order valence-electron chi connectivity index (χ3n) is 3.80. The van der Waals surface area contributed by atoms with Crippen LogP contribution in [0, 0.1) is 0 Å². The standard InChI is InChI=1S/C17H25N3O4/c1-4-23-14-8-12-6-7-20(11-16(21)19-17(22)18-3)10-13(12)9-15(14)24-5-2/h8-9H,4-7,10-11H2,1-3H3,(H2,18,19,21,22). The molecule has 0 aliphatic carbocycles. The summed E-state index contributed by atoms with van der Waals surface area (Å²) in [6.45, 7) is 6.62. The molecule has 2 N–H and O–H groups in total. The van der Waals surface area contributed by atoms with Crippen LogP contribution in [0.1, 0.15) is 25.0 Å². The molecule has 7 heteroatoms. The molecule has 1 aromatic carbocycles. The predicted molar refractivity (Wildman–Crippen MR) is 90.4 cm³/mol. The van der Waals surface area contributed by atoms with Crippen LogP contribution in [-0.2, 0) is 17.8 Å². The lowest BCUT2D eigenvalue weighted by atomic mass is 9.99. The first-order chi connectivity index (χ1) is 11.6. The molecule has 0 radical (unpaired) electrons. The molecule has 1 heterocycles. The maximum Gasteiger partial charge on any atom is 0.321 e. The largest absolute Gasteiger partial charge is 0.490 e. The molecule has 0 bridgehead atoms. The van der Waals surface area contributed by atoms with Crippen molar-refractivity contribution in [3.05, 3.63) is 23.3 Å². The lowest BCUT2D eigenvalue weighted by Crippen LogP contribution is -2.44. The third-order valence-corrected chi connectivity index (χ3v) is 3.80. The van der Waals surface area contributed by atoms with Gasteiger partial charge in [0.15, 0.2) is 11.5 Å². The van der Waals surface area contributed by atoms with Gasteiger partial charge in [-0.15, -0.1) is 0 Å². The van der Waals surface area contributed by atoms with E-state index in [1.54, 1.807) is 0 Å².